The predicted octanol–water partition coefficient (Wildman–Crippen LogP) is 2.91. The van der Waals surface area contributed by atoms with Gasteiger partial charge in [0.2, 0.25) is 0 Å². The highest BCUT2D eigenvalue weighted by Crippen LogP contribution is 2.17. The van der Waals surface area contributed by atoms with Gasteiger partial charge in [-0.1, -0.05) is 25.1 Å². The van der Waals surface area contributed by atoms with E-state index >= 15 is 0 Å². The van der Waals surface area contributed by atoms with Crippen molar-refractivity contribution in [2.24, 2.45) is 0 Å². The zero-order valence-electron chi connectivity index (χ0n) is 11.4. The average molecular weight is 245 g/mol. The Labute approximate surface area is 110 Å². The van der Waals surface area contributed by atoms with Crippen LogP contribution in [0.25, 0.3) is 0 Å². The molecule has 0 saturated carbocycles. The van der Waals surface area contributed by atoms with Crippen molar-refractivity contribution in [1.29, 1.82) is 0 Å². The fraction of sp³-hybridized carbons (Fsp3) is 0.533. The third kappa shape index (κ3) is 3.33. The van der Waals surface area contributed by atoms with E-state index in [0.717, 1.165) is 38.3 Å². The second-order valence-electron chi connectivity index (χ2n) is 4.83. The summed E-state index contributed by atoms with van der Waals surface area (Å²) in [6, 6.07) is 4.71. The summed E-state index contributed by atoms with van der Waals surface area (Å²) >= 11 is 0. The number of pyridine rings is 1. The van der Waals surface area contributed by atoms with E-state index in [2.05, 4.69) is 53.3 Å². The molecule has 0 aromatic carbocycles. The van der Waals surface area contributed by atoms with Crippen molar-refractivity contribution >= 4 is 5.82 Å². The van der Waals surface area contributed by atoms with Crippen molar-refractivity contribution in [1.82, 2.24) is 10.3 Å². The van der Waals surface area contributed by atoms with Gasteiger partial charge in [0.25, 0.3) is 0 Å². The van der Waals surface area contributed by atoms with Crippen molar-refractivity contribution in [2.75, 3.05) is 24.5 Å². The SMILES string of the molecule is CCCNC(C)c1ccc(N2CC=CCC2)nc1. The molecule has 1 unspecified atom stereocenters. The van der Waals surface area contributed by atoms with E-state index in [1.165, 1.54) is 5.56 Å². The molecule has 1 N–H and O–H groups in total. The van der Waals surface area contributed by atoms with E-state index in [1.807, 2.05) is 6.20 Å². The molecule has 1 atom stereocenters. The molecular formula is C15H23N3. The molecule has 18 heavy (non-hydrogen) atoms. The lowest BCUT2D eigenvalue weighted by Gasteiger charge is -2.24. The fourth-order valence-corrected chi connectivity index (χ4v) is 2.17. The van der Waals surface area contributed by atoms with E-state index in [-0.39, 0.29) is 0 Å². The molecular weight excluding hydrogens is 222 g/mol. The minimum absolute atomic E-state index is 0.382. The number of rotatable bonds is 5. The zero-order valence-corrected chi connectivity index (χ0v) is 11.4. The number of nitrogens with zero attached hydrogens (tertiary/aromatic N) is 2. The molecule has 0 amide bonds. The lowest BCUT2D eigenvalue weighted by atomic mass is 10.1. The summed E-state index contributed by atoms with van der Waals surface area (Å²) in [5, 5.41) is 3.48. The van der Waals surface area contributed by atoms with Gasteiger partial charge in [-0.3, -0.25) is 0 Å². The summed E-state index contributed by atoms with van der Waals surface area (Å²) in [7, 11) is 0. The van der Waals surface area contributed by atoms with E-state index in [0.29, 0.717) is 6.04 Å². The van der Waals surface area contributed by atoms with Crippen molar-refractivity contribution < 1.29 is 0 Å². The van der Waals surface area contributed by atoms with Crippen LogP contribution in [-0.4, -0.2) is 24.6 Å². The average Bonchev–Trinajstić information content (AvgIpc) is 2.46. The van der Waals surface area contributed by atoms with Gasteiger partial charge in [0.05, 0.1) is 0 Å². The Balaban J connectivity index is 1.98. The van der Waals surface area contributed by atoms with Gasteiger partial charge in [-0.05, 0) is 37.9 Å². The van der Waals surface area contributed by atoms with Crippen molar-refractivity contribution in [3.05, 3.63) is 36.0 Å². The molecule has 0 aliphatic carbocycles. The largest absolute Gasteiger partial charge is 0.353 e. The van der Waals surface area contributed by atoms with Crippen LogP contribution >= 0.6 is 0 Å². The smallest absolute Gasteiger partial charge is 0.128 e. The summed E-state index contributed by atoms with van der Waals surface area (Å²) in [5.74, 6) is 1.09. The molecule has 1 aliphatic rings. The quantitative estimate of drug-likeness (QED) is 0.808. The first-order valence-corrected chi connectivity index (χ1v) is 6.90. The Kier molecular flexibility index (Phi) is 4.76. The molecule has 2 heterocycles. The van der Waals surface area contributed by atoms with Crippen molar-refractivity contribution in [3.63, 3.8) is 0 Å². The van der Waals surface area contributed by atoms with Gasteiger partial charge in [-0.25, -0.2) is 4.98 Å². The maximum Gasteiger partial charge on any atom is 0.128 e. The fourth-order valence-electron chi connectivity index (χ4n) is 2.17. The second-order valence-corrected chi connectivity index (χ2v) is 4.83. The number of nitrogens with one attached hydrogen (secondary N) is 1. The van der Waals surface area contributed by atoms with Crippen LogP contribution in [-0.2, 0) is 0 Å². The summed E-state index contributed by atoms with van der Waals surface area (Å²) < 4.78 is 0. The summed E-state index contributed by atoms with van der Waals surface area (Å²) in [4.78, 5) is 6.90. The van der Waals surface area contributed by atoms with Crippen LogP contribution in [0.15, 0.2) is 30.5 Å². The Morgan fingerprint density at radius 2 is 2.28 bits per heavy atom. The second kappa shape index (κ2) is 6.55. The molecule has 1 aromatic rings. The van der Waals surface area contributed by atoms with Crippen LogP contribution in [0.2, 0.25) is 0 Å². The highest BCUT2D eigenvalue weighted by Gasteiger charge is 2.10. The summed E-state index contributed by atoms with van der Waals surface area (Å²) in [6.07, 6.45) is 8.74. The molecule has 1 aliphatic heterocycles. The lowest BCUT2D eigenvalue weighted by molar-refractivity contribution is 0.569. The molecule has 2 rings (SSSR count). The zero-order chi connectivity index (χ0) is 12.8. The van der Waals surface area contributed by atoms with Crippen LogP contribution in [0.1, 0.15) is 38.3 Å². The van der Waals surface area contributed by atoms with Crippen molar-refractivity contribution in [2.45, 2.75) is 32.7 Å². The van der Waals surface area contributed by atoms with E-state index in [1.54, 1.807) is 0 Å². The Morgan fingerprint density at radius 3 is 2.89 bits per heavy atom. The van der Waals surface area contributed by atoms with Gasteiger partial charge in [-0.2, -0.15) is 0 Å². The molecule has 98 valence electrons. The van der Waals surface area contributed by atoms with Crippen LogP contribution in [0.3, 0.4) is 0 Å². The van der Waals surface area contributed by atoms with Gasteiger partial charge < -0.3 is 10.2 Å². The molecule has 3 heteroatoms. The molecule has 1 aromatic heterocycles. The van der Waals surface area contributed by atoms with Gasteiger partial charge >= 0.3 is 0 Å². The first kappa shape index (κ1) is 13.1. The predicted molar refractivity (Wildman–Crippen MR) is 76.9 cm³/mol. The Morgan fingerprint density at radius 1 is 1.39 bits per heavy atom. The first-order chi connectivity index (χ1) is 8.81. The third-order valence-electron chi connectivity index (χ3n) is 3.35. The molecule has 0 bridgehead atoms. The van der Waals surface area contributed by atoms with Crippen molar-refractivity contribution in [3.8, 4) is 0 Å². The van der Waals surface area contributed by atoms with E-state index in [4.69, 9.17) is 0 Å². The highest BCUT2D eigenvalue weighted by atomic mass is 15.2. The van der Waals surface area contributed by atoms with Crippen LogP contribution in [0.4, 0.5) is 5.82 Å². The molecule has 0 radical (unpaired) electrons. The van der Waals surface area contributed by atoms with Crippen LogP contribution < -0.4 is 10.2 Å². The van der Waals surface area contributed by atoms with Crippen LogP contribution in [0, 0.1) is 0 Å². The van der Waals surface area contributed by atoms with Gasteiger partial charge in [-0.15, -0.1) is 0 Å². The van der Waals surface area contributed by atoms with Gasteiger partial charge in [0, 0.05) is 25.3 Å². The highest BCUT2D eigenvalue weighted by molar-refractivity contribution is 5.41. The molecule has 0 saturated heterocycles. The number of aromatic nitrogens is 1. The number of anilines is 1. The maximum absolute atomic E-state index is 4.58. The Bertz CT molecular complexity index is 383. The molecule has 0 spiro atoms. The Hall–Kier alpha value is -1.35. The summed E-state index contributed by atoms with van der Waals surface area (Å²) in [5.41, 5.74) is 1.26. The minimum Gasteiger partial charge on any atom is -0.353 e. The monoisotopic (exact) mass is 245 g/mol. The van der Waals surface area contributed by atoms with E-state index in [9.17, 15) is 0 Å². The summed E-state index contributed by atoms with van der Waals surface area (Å²) in [6.45, 7) is 7.49. The molecule has 0 fully saturated rings. The number of hydrogen-bond donors (Lipinski definition) is 1. The van der Waals surface area contributed by atoms with Gasteiger partial charge in [0.1, 0.15) is 5.82 Å². The number of hydrogen-bond acceptors (Lipinski definition) is 3. The van der Waals surface area contributed by atoms with Crippen LogP contribution in [0.5, 0.6) is 0 Å². The lowest BCUT2D eigenvalue weighted by Crippen LogP contribution is -2.27. The standard InChI is InChI=1S/C15H23N3/c1-3-9-16-13(2)14-7-8-15(17-12-14)18-10-5-4-6-11-18/h4-5,7-8,12-13,16H,3,6,9-11H2,1-2H3. The maximum atomic E-state index is 4.58. The molecule has 3 nitrogen and oxygen atoms in total. The minimum atomic E-state index is 0.382. The first-order valence-electron chi connectivity index (χ1n) is 6.90. The normalized spacial score (nSPS) is 16.9. The third-order valence-corrected chi connectivity index (χ3v) is 3.35. The van der Waals surface area contributed by atoms with Gasteiger partial charge in [0.15, 0.2) is 0 Å². The van der Waals surface area contributed by atoms with E-state index < -0.39 is 0 Å². The topological polar surface area (TPSA) is 28.2 Å².